The zero-order chi connectivity index (χ0) is 19.0. The van der Waals surface area contributed by atoms with Gasteiger partial charge in [-0.15, -0.1) is 11.3 Å². The first kappa shape index (κ1) is 17.2. The summed E-state index contributed by atoms with van der Waals surface area (Å²) in [4.78, 5) is 26.0. The summed E-state index contributed by atoms with van der Waals surface area (Å²) in [6.07, 6.45) is 0. The number of halogens is 1. The summed E-state index contributed by atoms with van der Waals surface area (Å²) < 4.78 is 21.8. The molecule has 0 bridgehead atoms. The molecular weight excluding hydrogens is 367 g/mol. The number of benzene rings is 2. The molecule has 0 saturated carbocycles. The zero-order valence-corrected chi connectivity index (χ0v) is 15.2. The summed E-state index contributed by atoms with van der Waals surface area (Å²) in [5, 5.41) is 1.77. The van der Waals surface area contributed by atoms with Crippen LogP contribution < -0.4 is 16.0 Å². The second-order valence-electron chi connectivity index (χ2n) is 5.97. The standard InChI is InChI=1S/C20H15FN2O3S/c1-26-16-7-5-13(6-8-16)12-22-17-9-10-27-18(17)19(24)23(20(22)25)15-4-2-3-14(21)11-15/h2-11H,12H2,1H3. The minimum absolute atomic E-state index is 0.212. The van der Waals surface area contributed by atoms with E-state index in [1.54, 1.807) is 24.6 Å². The van der Waals surface area contributed by atoms with Gasteiger partial charge in [-0.25, -0.2) is 13.8 Å². The lowest BCUT2D eigenvalue weighted by Crippen LogP contribution is -2.38. The van der Waals surface area contributed by atoms with Crippen LogP contribution in [0.2, 0.25) is 0 Å². The number of hydrogen-bond acceptors (Lipinski definition) is 4. The van der Waals surface area contributed by atoms with Crippen molar-refractivity contribution in [1.82, 2.24) is 9.13 Å². The predicted molar refractivity (Wildman–Crippen MR) is 104 cm³/mol. The molecule has 0 amide bonds. The first-order chi connectivity index (χ1) is 13.1. The van der Waals surface area contributed by atoms with Crippen LogP contribution in [0.1, 0.15) is 5.56 Å². The Balaban J connectivity index is 1.93. The molecule has 7 heteroatoms. The van der Waals surface area contributed by atoms with Gasteiger partial charge in [0.05, 0.1) is 24.9 Å². The summed E-state index contributed by atoms with van der Waals surface area (Å²) >= 11 is 1.26. The summed E-state index contributed by atoms with van der Waals surface area (Å²) in [6, 6.07) is 14.6. The van der Waals surface area contributed by atoms with Crippen LogP contribution in [0.4, 0.5) is 4.39 Å². The van der Waals surface area contributed by atoms with Crippen molar-refractivity contribution in [3.8, 4) is 11.4 Å². The van der Waals surface area contributed by atoms with E-state index in [9.17, 15) is 14.0 Å². The van der Waals surface area contributed by atoms with Gasteiger partial charge in [0.2, 0.25) is 0 Å². The molecule has 4 rings (SSSR count). The first-order valence-corrected chi connectivity index (χ1v) is 9.08. The number of nitrogens with zero attached hydrogens (tertiary/aromatic N) is 2. The number of rotatable bonds is 4. The summed E-state index contributed by atoms with van der Waals surface area (Å²) in [5.74, 6) is 0.211. The number of fused-ring (bicyclic) bond motifs is 1. The Morgan fingerprint density at radius 3 is 2.56 bits per heavy atom. The van der Waals surface area contributed by atoms with E-state index in [2.05, 4.69) is 0 Å². The highest BCUT2D eigenvalue weighted by Crippen LogP contribution is 2.19. The van der Waals surface area contributed by atoms with E-state index >= 15 is 0 Å². The van der Waals surface area contributed by atoms with Gasteiger partial charge in [0.1, 0.15) is 16.3 Å². The van der Waals surface area contributed by atoms with Gasteiger partial charge in [-0.05, 0) is 47.3 Å². The van der Waals surface area contributed by atoms with Gasteiger partial charge in [-0.1, -0.05) is 18.2 Å². The molecule has 2 aromatic carbocycles. The number of thiophene rings is 1. The molecule has 0 spiro atoms. The van der Waals surface area contributed by atoms with E-state index in [-0.39, 0.29) is 12.2 Å². The minimum atomic E-state index is -0.508. The molecule has 2 aromatic heterocycles. The van der Waals surface area contributed by atoms with Crippen molar-refractivity contribution in [2.45, 2.75) is 6.54 Å². The molecule has 4 aromatic rings. The molecule has 0 fully saturated rings. The molecular formula is C20H15FN2O3S. The summed E-state index contributed by atoms with van der Waals surface area (Å²) in [7, 11) is 1.59. The highest BCUT2D eigenvalue weighted by Gasteiger charge is 2.16. The molecule has 0 aliphatic carbocycles. The van der Waals surface area contributed by atoms with Crippen molar-refractivity contribution in [2.75, 3.05) is 7.11 Å². The fraction of sp³-hybridized carbons (Fsp3) is 0.100. The van der Waals surface area contributed by atoms with Crippen LogP contribution in [-0.2, 0) is 6.54 Å². The summed E-state index contributed by atoms with van der Waals surface area (Å²) in [6.45, 7) is 0.283. The average Bonchev–Trinajstić information content (AvgIpc) is 3.16. The van der Waals surface area contributed by atoms with E-state index in [0.717, 1.165) is 15.9 Å². The number of aromatic nitrogens is 2. The zero-order valence-electron chi connectivity index (χ0n) is 14.4. The number of hydrogen-bond donors (Lipinski definition) is 0. The van der Waals surface area contributed by atoms with Gasteiger partial charge in [-0.2, -0.15) is 0 Å². The lowest BCUT2D eigenvalue weighted by Gasteiger charge is -2.13. The minimum Gasteiger partial charge on any atom is -0.497 e. The summed E-state index contributed by atoms with van der Waals surface area (Å²) in [5.41, 5.74) is 0.714. The van der Waals surface area contributed by atoms with E-state index < -0.39 is 17.1 Å². The van der Waals surface area contributed by atoms with Crippen LogP contribution in [0, 0.1) is 5.82 Å². The van der Waals surface area contributed by atoms with Gasteiger partial charge in [-0.3, -0.25) is 9.36 Å². The Kier molecular flexibility index (Phi) is 4.37. The normalized spacial score (nSPS) is 11.0. The van der Waals surface area contributed by atoms with Crippen LogP contribution in [0.15, 0.2) is 69.6 Å². The number of methoxy groups -OCH3 is 1. The molecule has 0 atom stereocenters. The largest absolute Gasteiger partial charge is 0.497 e. The fourth-order valence-electron chi connectivity index (χ4n) is 3.00. The molecule has 136 valence electrons. The van der Waals surface area contributed by atoms with Crippen LogP contribution in [0.3, 0.4) is 0 Å². The van der Waals surface area contributed by atoms with Crippen LogP contribution in [-0.4, -0.2) is 16.2 Å². The Labute approximate surface area is 157 Å². The Bertz CT molecular complexity index is 1240. The van der Waals surface area contributed by atoms with Crippen molar-refractivity contribution in [2.24, 2.45) is 0 Å². The smallest absolute Gasteiger partial charge is 0.336 e. The lowest BCUT2D eigenvalue weighted by atomic mass is 10.2. The van der Waals surface area contributed by atoms with Gasteiger partial charge in [0, 0.05) is 0 Å². The molecule has 0 saturated heterocycles. The van der Waals surface area contributed by atoms with Crippen LogP contribution in [0.5, 0.6) is 5.75 Å². The molecule has 0 radical (unpaired) electrons. The van der Waals surface area contributed by atoms with Crippen molar-refractivity contribution in [1.29, 1.82) is 0 Å². The molecule has 0 N–H and O–H groups in total. The van der Waals surface area contributed by atoms with Crippen LogP contribution >= 0.6 is 11.3 Å². The lowest BCUT2D eigenvalue weighted by molar-refractivity contribution is 0.414. The van der Waals surface area contributed by atoms with Gasteiger partial charge in [0.15, 0.2) is 0 Å². The second-order valence-corrected chi connectivity index (χ2v) is 6.89. The third kappa shape index (κ3) is 3.06. The monoisotopic (exact) mass is 382 g/mol. The maximum atomic E-state index is 13.7. The average molecular weight is 382 g/mol. The molecule has 0 unspecified atom stereocenters. The maximum absolute atomic E-state index is 13.7. The van der Waals surface area contributed by atoms with E-state index in [0.29, 0.717) is 10.2 Å². The van der Waals surface area contributed by atoms with Gasteiger partial charge >= 0.3 is 5.69 Å². The number of ether oxygens (including phenoxy) is 1. The van der Waals surface area contributed by atoms with Crippen molar-refractivity contribution < 1.29 is 9.13 Å². The highest BCUT2D eigenvalue weighted by molar-refractivity contribution is 7.17. The predicted octanol–water partition coefficient (Wildman–Crippen LogP) is 3.41. The van der Waals surface area contributed by atoms with E-state index in [4.69, 9.17) is 4.74 Å². The highest BCUT2D eigenvalue weighted by atomic mass is 32.1. The Morgan fingerprint density at radius 2 is 1.85 bits per heavy atom. The Hall–Kier alpha value is -3.19. The van der Waals surface area contributed by atoms with Crippen LogP contribution in [0.25, 0.3) is 15.9 Å². The van der Waals surface area contributed by atoms with Crippen molar-refractivity contribution >= 4 is 21.6 Å². The SMILES string of the molecule is COc1ccc(Cn2c(=O)n(-c3cccc(F)c3)c(=O)c3sccc32)cc1. The third-order valence-corrected chi connectivity index (χ3v) is 5.21. The maximum Gasteiger partial charge on any atom is 0.336 e. The second kappa shape index (κ2) is 6.85. The van der Waals surface area contributed by atoms with Crippen molar-refractivity contribution in [3.63, 3.8) is 0 Å². The molecule has 2 heterocycles. The third-order valence-electron chi connectivity index (χ3n) is 4.32. The molecule has 0 aliphatic heterocycles. The van der Waals surface area contributed by atoms with E-state index in [1.807, 2.05) is 24.3 Å². The topological polar surface area (TPSA) is 53.2 Å². The molecule has 27 heavy (non-hydrogen) atoms. The quantitative estimate of drug-likeness (QED) is 0.544. The molecule has 5 nitrogen and oxygen atoms in total. The van der Waals surface area contributed by atoms with Crippen molar-refractivity contribution in [3.05, 3.63) is 92.2 Å². The molecule has 0 aliphatic rings. The first-order valence-electron chi connectivity index (χ1n) is 8.20. The Morgan fingerprint density at radius 1 is 1.07 bits per heavy atom. The fourth-order valence-corrected chi connectivity index (χ4v) is 3.82. The van der Waals surface area contributed by atoms with Gasteiger partial charge in [0.25, 0.3) is 5.56 Å². The van der Waals surface area contributed by atoms with Gasteiger partial charge < -0.3 is 4.74 Å². The van der Waals surface area contributed by atoms with E-state index in [1.165, 1.54) is 34.1 Å².